The molecule has 0 spiro atoms. The first-order chi connectivity index (χ1) is 9.90. The Balaban J connectivity index is 0.000000313. The van der Waals surface area contributed by atoms with Crippen LogP contribution in [0.25, 0.3) is 0 Å². The Morgan fingerprint density at radius 2 is 1.76 bits per heavy atom. The van der Waals surface area contributed by atoms with Crippen LogP contribution in [0.1, 0.15) is 12.8 Å². The van der Waals surface area contributed by atoms with Crippen molar-refractivity contribution in [1.82, 2.24) is 5.01 Å². The molecule has 0 aromatic carbocycles. The predicted molar refractivity (Wildman–Crippen MR) is 82.0 cm³/mol. The normalized spacial score (nSPS) is 26.0. The van der Waals surface area contributed by atoms with Gasteiger partial charge in [-0.25, -0.2) is 0 Å². The standard InChI is InChI=1S/C12H17N2O.C5H5.Fe/c1-15-10-12-7-4-8-14(12)13-9-11-5-2-3-6-11;1-2-4-5-3-1;/h2-3,5-6,9,12H,4,7-8,10H2,1H3;1-5H;/q;;+2/b13-9+;;/t12-;;/m0../s1. The zero-order valence-corrected chi connectivity index (χ0v) is 13.4. The summed E-state index contributed by atoms with van der Waals surface area (Å²) in [5.74, 6) is 1.16. The number of hydrogen-bond donors (Lipinski definition) is 0. The van der Waals surface area contributed by atoms with Crippen molar-refractivity contribution in [3.05, 3.63) is 63.7 Å². The fourth-order valence-corrected chi connectivity index (χ4v) is 2.27. The average Bonchev–Trinajstić information content (AvgIpc) is 3.22. The molecule has 0 amide bonds. The van der Waals surface area contributed by atoms with Gasteiger partial charge in [0.25, 0.3) is 0 Å². The Morgan fingerprint density at radius 3 is 2.33 bits per heavy atom. The molecule has 2 aliphatic carbocycles. The van der Waals surface area contributed by atoms with E-state index in [1.54, 1.807) is 7.11 Å². The molecular weight excluding hydrogens is 304 g/mol. The maximum absolute atomic E-state index is 5.18. The van der Waals surface area contributed by atoms with E-state index in [1.165, 1.54) is 12.8 Å². The summed E-state index contributed by atoms with van der Waals surface area (Å²) in [4.78, 5) is 0. The number of methoxy groups -OCH3 is 1. The third-order valence-electron chi connectivity index (χ3n) is 3.30. The van der Waals surface area contributed by atoms with E-state index in [1.807, 2.05) is 51.2 Å². The summed E-state index contributed by atoms with van der Waals surface area (Å²) in [5.41, 5.74) is 0. The molecule has 1 saturated heterocycles. The van der Waals surface area contributed by atoms with Crippen molar-refractivity contribution in [2.24, 2.45) is 5.10 Å². The zero-order valence-electron chi connectivity index (χ0n) is 12.3. The van der Waals surface area contributed by atoms with Gasteiger partial charge in [0.05, 0.1) is 12.6 Å². The summed E-state index contributed by atoms with van der Waals surface area (Å²) in [6, 6.07) is 0.459. The second-order valence-corrected chi connectivity index (χ2v) is 4.84. The molecule has 4 heteroatoms. The molecular formula is C17H22FeN2O+2. The monoisotopic (exact) mass is 326 g/mol. The van der Waals surface area contributed by atoms with Gasteiger partial charge < -0.3 is 4.74 Å². The summed E-state index contributed by atoms with van der Waals surface area (Å²) in [6.07, 6.45) is 22.5. The van der Waals surface area contributed by atoms with Crippen LogP contribution in [0.2, 0.25) is 0 Å². The maximum Gasteiger partial charge on any atom is 2.00 e. The molecule has 112 valence electrons. The first kappa shape index (κ1) is 19.0. The van der Waals surface area contributed by atoms with Crippen molar-refractivity contribution in [2.75, 3.05) is 20.3 Å². The van der Waals surface area contributed by atoms with Gasteiger partial charge in [0.15, 0.2) is 0 Å². The molecule has 3 rings (SSSR count). The van der Waals surface area contributed by atoms with Crippen LogP contribution in [-0.2, 0) is 21.8 Å². The molecule has 0 unspecified atom stereocenters. The molecule has 1 heterocycles. The van der Waals surface area contributed by atoms with Gasteiger partial charge in [0.1, 0.15) is 0 Å². The molecule has 2 saturated carbocycles. The van der Waals surface area contributed by atoms with Crippen LogP contribution < -0.4 is 0 Å². The topological polar surface area (TPSA) is 24.8 Å². The van der Waals surface area contributed by atoms with E-state index >= 15 is 0 Å². The van der Waals surface area contributed by atoms with Crippen LogP contribution in [0.15, 0.2) is 5.10 Å². The SMILES string of the molecule is COC[C@@H]1CCCN1/N=C/[C]1[CH][CH][CH][CH]1.[CH]1[CH][CH][CH][CH]1.[Fe+2]. The van der Waals surface area contributed by atoms with E-state index in [0.29, 0.717) is 6.04 Å². The molecule has 3 fully saturated rings. The van der Waals surface area contributed by atoms with Crippen LogP contribution in [-0.4, -0.2) is 37.5 Å². The number of nitrogens with zero attached hydrogens (tertiary/aromatic N) is 2. The van der Waals surface area contributed by atoms with E-state index in [-0.39, 0.29) is 17.1 Å². The van der Waals surface area contributed by atoms with Gasteiger partial charge in [-0.3, -0.25) is 5.01 Å². The molecule has 10 radical (unpaired) electrons. The third-order valence-corrected chi connectivity index (χ3v) is 3.30. The van der Waals surface area contributed by atoms with Crippen LogP contribution >= 0.6 is 0 Å². The smallest absolute Gasteiger partial charge is 0.382 e. The Morgan fingerprint density at radius 1 is 1.14 bits per heavy atom. The van der Waals surface area contributed by atoms with Crippen LogP contribution in [0.3, 0.4) is 0 Å². The van der Waals surface area contributed by atoms with Gasteiger partial charge in [-0.2, -0.15) is 5.10 Å². The molecule has 0 aromatic heterocycles. The molecule has 1 atom stereocenters. The van der Waals surface area contributed by atoms with Crippen molar-refractivity contribution in [3.8, 4) is 0 Å². The number of hydrogen-bond acceptors (Lipinski definition) is 3. The van der Waals surface area contributed by atoms with Crippen molar-refractivity contribution in [1.29, 1.82) is 0 Å². The van der Waals surface area contributed by atoms with Crippen molar-refractivity contribution in [2.45, 2.75) is 18.9 Å². The van der Waals surface area contributed by atoms with E-state index in [9.17, 15) is 0 Å². The summed E-state index contributed by atoms with van der Waals surface area (Å²) in [5, 5.41) is 6.63. The fourth-order valence-electron chi connectivity index (χ4n) is 2.27. The van der Waals surface area contributed by atoms with Crippen molar-refractivity contribution < 1.29 is 21.8 Å². The number of rotatable bonds is 4. The number of ether oxygens (including phenoxy) is 1. The summed E-state index contributed by atoms with van der Waals surface area (Å²) in [7, 11) is 1.75. The van der Waals surface area contributed by atoms with Gasteiger partial charge in [-0.1, -0.05) is 0 Å². The van der Waals surface area contributed by atoms with Gasteiger partial charge >= 0.3 is 17.1 Å². The largest absolute Gasteiger partial charge is 2.00 e. The van der Waals surface area contributed by atoms with Crippen molar-refractivity contribution in [3.63, 3.8) is 0 Å². The van der Waals surface area contributed by atoms with E-state index in [0.717, 1.165) is 19.1 Å². The van der Waals surface area contributed by atoms with Gasteiger partial charge in [0.2, 0.25) is 0 Å². The molecule has 21 heavy (non-hydrogen) atoms. The van der Waals surface area contributed by atoms with E-state index < -0.39 is 0 Å². The minimum Gasteiger partial charge on any atom is -0.382 e. The van der Waals surface area contributed by atoms with E-state index in [4.69, 9.17) is 4.74 Å². The minimum absolute atomic E-state index is 0. The van der Waals surface area contributed by atoms with Gasteiger partial charge in [0, 0.05) is 25.8 Å². The molecule has 1 aliphatic heterocycles. The summed E-state index contributed by atoms with van der Waals surface area (Å²) >= 11 is 0. The Kier molecular flexibility index (Phi) is 10.4. The summed E-state index contributed by atoms with van der Waals surface area (Å²) in [6.45, 7) is 1.82. The van der Waals surface area contributed by atoms with Gasteiger partial charge in [-0.05, 0) is 70.6 Å². The van der Waals surface area contributed by atoms with Crippen LogP contribution in [0.4, 0.5) is 0 Å². The second-order valence-electron chi connectivity index (χ2n) is 4.84. The second kappa shape index (κ2) is 11.5. The Bertz CT molecular complexity index is 268. The fraction of sp³-hybridized carbons (Fsp3) is 0.353. The molecule has 3 aliphatic rings. The predicted octanol–water partition coefficient (Wildman–Crippen LogP) is 2.51. The average molecular weight is 326 g/mol. The molecule has 0 bridgehead atoms. The Labute approximate surface area is 141 Å². The Hall–Kier alpha value is -0.0505. The van der Waals surface area contributed by atoms with Crippen LogP contribution in [0, 0.1) is 63.7 Å². The van der Waals surface area contributed by atoms with Crippen molar-refractivity contribution >= 4 is 6.21 Å². The minimum atomic E-state index is 0. The number of hydrazone groups is 1. The molecule has 3 nitrogen and oxygen atoms in total. The maximum atomic E-state index is 5.18. The quantitative estimate of drug-likeness (QED) is 0.586. The molecule has 0 aromatic rings. The first-order valence-corrected chi connectivity index (χ1v) is 7.08. The van der Waals surface area contributed by atoms with Gasteiger partial charge in [-0.15, -0.1) is 0 Å². The third kappa shape index (κ3) is 7.17. The molecule has 0 N–H and O–H groups in total. The zero-order chi connectivity index (χ0) is 14.0. The summed E-state index contributed by atoms with van der Waals surface area (Å²) < 4.78 is 5.18. The van der Waals surface area contributed by atoms with Crippen LogP contribution in [0.5, 0.6) is 0 Å². The first-order valence-electron chi connectivity index (χ1n) is 7.08. The van der Waals surface area contributed by atoms with E-state index in [2.05, 4.69) is 23.0 Å².